The normalized spacial score (nSPS) is 27.3. The third-order valence-electron chi connectivity index (χ3n) is 4.72. The summed E-state index contributed by atoms with van der Waals surface area (Å²) in [5.74, 6) is 4.75. The Kier molecular flexibility index (Phi) is 6.06. The maximum Gasteiger partial charge on any atom is 0.0545 e. The molecule has 2 aliphatic rings. The summed E-state index contributed by atoms with van der Waals surface area (Å²) < 4.78 is 0. The van der Waals surface area contributed by atoms with Crippen molar-refractivity contribution < 1.29 is 0 Å². The van der Waals surface area contributed by atoms with E-state index in [-0.39, 0.29) is 0 Å². The number of hydrogen-bond donors (Lipinski definition) is 1. The lowest BCUT2D eigenvalue weighted by molar-refractivity contribution is 0.0590. The minimum atomic E-state index is 0.431. The summed E-state index contributed by atoms with van der Waals surface area (Å²) in [6, 6.07) is 0.721. The molecule has 0 aromatic heterocycles. The van der Waals surface area contributed by atoms with Crippen molar-refractivity contribution in [1.82, 2.24) is 10.2 Å². The predicted octanol–water partition coefficient (Wildman–Crippen LogP) is 2.74. The van der Waals surface area contributed by atoms with E-state index in [1.165, 1.54) is 63.9 Å². The zero-order valence-electron chi connectivity index (χ0n) is 12.3. The first-order valence-corrected chi connectivity index (χ1v) is 8.95. The molecule has 1 aliphatic carbocycles. The van der Waals surface area contributed by atoms with Crippen molar-refractivity contribution in [3.63, 3.8) is 0 Å². The Hall–Kier alpha value is -0.170. The smallest absolute Gasteiger partial charge is 0.0545 e. The van der Waals surface area contributed by atoms with Gasteiger partial charge in [-0.05, 0) is 19.3 Å². The molecule has 0 aromatic carbocycles. The Balaban J connectivity index is 1.87. The van der Waals surface area contributed by atoms with E-state index >= 15 is 0 Å². The minimum Gasteiger partial charge on any atom is -0.308 e. The van der Waals surface area contributed by atoms with Gasteiger partial charge in [-0.1, -0.05) is 32.1 Å². The minimum absolute atomic E-state index is 0.431. The summed E-state index contributed by atoms with van der Waals surface area (Å²) in [5, 5.41) is 3.89. The molecule has 2 fully saturated rings. The number of rotatable bonds is 5. The molecule has 1 saturated carbocycles. The Morgan fingerprint density at radius 1 is 1.37 bits per heavy atom. The number of nitrogens with zero attached hydrogens (tertiary/aromatic N) is 1. The maximum atomic E-state index is 5.32. The molecule has 1 atom stereocenters. The van der Waals surface area contributed by atoms with E-state index in [1.54, 1.807) is 0 Å². The second kappa shape index (κ2) is 7.57. The number of nitrogens with one attached hydrogen (secondary N) is 1. The van der Waals surface area contributed by atoms with Gasteiger partial charge in [-0.2, -0.15) is 0 Å². The van der Waals surface area contributed by atoms with Crippen molar-refractivity contribution >= 4 is 11.8 Å². The molecule has 1 aliphatic heterocycles. The molecule has 1 saturated heterocycles. The fourth-order valence-electron chi connectivity index (χ4n) is 3.58. The van der Waals surface area contributed by atoms with Crippen LogP contribution in [0.2, 0.25) is 0 Å². The number of piperazine rings is 1. The van der Waals surface area contributed by atoms with Gasteiger partial charge in [-0.3, -0.25) is 4.90 Å². The van der Waals surface area contributed by atoms with Crippen LogP contribution in [-0.4, -0.2) is 47.6 Å². The van der Waals surface area contributed by atoms with Gasteiger partial charge in [0.25, 0.3) is 0 Å². The monoisotopic (exact) mass is 280 g/mol. The topological polar surface area (TPSA) is 15.3 Å². The molecule has 0 radical (unpaired) electrons. The van der Waals surface area contributed by atoms with Gasteiger partial charge in [0.2, 0.25) is 0 Å². The van der Waals surface area contributed by atoms with Gasteiger partial charge < -0.3 is 5.32 Å². The lowest BCUT2D eigenvalue weighted by Crippen LogP contribution is -2.64. The van der Waals surface area contributed by atoms with Crippen LogP contribution in [0.3, 0.4) is 0 Å². The molecule has 2 nitrogen and oxygen atoms in total. The molecule has 3 heteroatoms. The molecule has 2 rings (SSSR count). The second-order valence-electron chi connectivity index (χ2n) is 6.01. The van der Waals surface area contributed by atoms with Crippen molar-refractivity contribution in [2.75, 3.05) is 31.1 Å². The van der Waals surface area contributed by atoms with Crippen molar-refractivity contribution in [2.24, 2.45) is 0 Å². The number of hydrogen-bond acceptors (Lipinski definition) is 3. The van der Waals surface area contributed by atoms with Crippen LogP contribution >= 0.6 is 11.8 Å². The fourth-order valence-corrected chi connectivity index (χ4v) is 4.20. The summed E-state index contributed by atoms with van der Waals surface area (Å²) in [7, 11) is 0. The molecule has 1 unspecified atom stereocenters. The maximum absolute atomic E-state index is 5.32. The van der Waals surface area contributed by atoms with Gasteiger partial charge in [-0.25, -0.2) is 0 Å². The van der Waals surface area contributed by atoms with Crippen LogP contribution < -0.4 is 5.32 Å². The average molecular weight is 280 g/mol. The highest BCUT2D eigenvalue weighted by Crippen LogP contribution is 2.32. The molecular weight excluding hydrogens is 252 g/mol. The van der Waals surface area contributed by atoms with E-state index < -0.39 is 0 Å². The second-order valence-corrected chi connectivity index (χ2v) is 7.12. The number of terminal acetylenes is 1. The predicted molar refractivity (Wildman–Crippen MR) is 85.6 cm³/mol. The van der Waals surface area contributed by atoms with Crippen molar-refractivity contribution in [3.8, 4) is 12.3 Å². The zero-order chi connectivity index (χ0) is 13.6. The Morgan fingerprint density at radius 2 is 2.16 bits per heavy atom. The quantitative estimate of drug-likeness (QED) is 0.616. The Bertz CT molecular complexity index is 304. The van der Waals surface area contributed by atoms with E-state index in [0.717, 1.165) is 11.8 Å². The molecule has 19 heavy (non-hydrogen) atoms. The van der Waals surface area contributed by atoms with Crippen LogP contribution in [0.1, 0.15) is 45.4 Å². The molecule has 1 spiro atoms. The van der Waals surface area contributed by atoms with Crippen LogP contribution in [0, 0.1) is 12.3 Å². The number of thioether (sulfide) groups is 1. The zero-order valence-corrected chi connectivity index (χ0v) is 13.1. The van der Waals surface area contributed by atoms with Gasteiger partial charge in [0.15, 0.2) is 0 Å². The standard InChI is InChI=1S/C16H28N2S/c1-3-11-19-12-10-18-14-16(8-6-5-7-9-16)17-13-15(18)4-2/h1,15,17H,4-14H2,2H3. The van der Waals surface area contributed by atoms with Gasteiger partial charge in [0.1, 0.15) is 0 Å². The molecule has 0 amide bonds. The van der Waals surface area contributed by atoms with Crippen LogP contribution in [-0.2, 0) is 0 Å². The van der Waals surface area contributed by atoms with Crippen molar-refractivity contribution in [1.29, 1.82) is 0 Å². The summed E-state index contributed by atoms with van der Waals surface area (Å²) in [6.45, 7) is 5.94. The van der Waals surface area contributed by atoms with E-state index in [4.69, 9.17) is 6.42 Å². The van der Waals surface area contributed by atoms with Gasteiger partial charge in [0, 0.05) is 37.0 Å². The SMILES string of the molecule is C#CCSCCN1CC2(CCCCC2)NCC1CC. The summed E-state index contributed by atoms with van der Waals surface area (Å²) in [4.78, 5) is 2.73. The Labute approximate surface area is 123 Å². The summed E-state index contributed by atoms with van der Waals surface area (Å²) in [5.41, 5.74) is 0.431. The van der Waals surface area contributed by atoms with E-state index in [2.05, 4.69) is 23.1 Å². The largest absolute Gasteiger partial charge is 0.308 e. The Morgan fingerprint density at radius 3 is 2.84 bits per heavy atom. The average Bonchev–Trinajstić information content (AvgIpc) is 2.45. The van der Waals surface area contributed by atoms with Crippen molar-refractivity contribution in [2.45, 2.75) is 57.0 Å². The summed E-state index contributed by atoms with van der Waals surface area (Å²) >= 11 is 1.90. The van der Waals surface area contributed by atoms with Crippen LogP contribution in [0.25, 0.3) is 0 Å². The lowest BCUT2D eigenvalue weighted by Gasteiger charge is -2.49. The first-order valence-electron chi connectivity index (χ1n) is 7.80. The molecule has 108 valence electrons. The highest BCUT2D eigenvalue weighted by atomic mass is 32.2. The molecule has 1 N–H and O–H groups in total. The van der Waals surface area contributed by atoms with Crippen LogP contribution in [0.5, 0.6) is 0 Å². The van der Waals surface area contributed by atoms with Crippen LogP contribution in [0.15, 0.2) is 0 Å². The first kappa shape index (κ1) is 15.2. The highest BCUT2D eigenvalue weighted by molar-refractivity contribution is 7.99. The third-order valence-corrected chi connectivity index (χ3v) is 5.57. The molecular formula is C16H28N2S. The molecule has 0 bridgehead atoms. The highest BCUT2D eigenvalue weighted by Gasteiger charge is 2.38. The van der Waals surface area contributed by atoms with Crippen molar-refractivity contribution in [3.05, 3.63) is 0 Å². The van der Waals surface area contributed by atoms with Gasteiger partial charge >= 0.3 is 0 Å². The molecule has 0 aromatic rings. The fraction of sp³-hybridized carbons (Fsp3) is 0.875. The lowest BCUT2D eigenvalue weighted by atomic mass is 9.79. The van der Waals surface area contributed by atoms with Crippen LogP contribution in [0.4, 0.5) is 0 Å². The van der Waals surface area contributed by atoms with Gasteiger partial charge in [0.05, 0.1) is 5.75 Å². The third kappa shape index (κ3) is 4.15. The van der Waals surface area contributed by atoms with E-state index in [0.29, 0.717) is 5.54 Å². The molecule has 1 heterocycles. The van der Waals surface area contributed by atoms with Gasteiger partial charge in [-0.15, -0.1) is 18.2 Å². The summed E-state index contributed by atoms with van der Waals surface area (Å²) in [6.07, 6.45) is 13.6. The first-order chi connectivity index (χ1) is 9.29. The van der Waals surface area contributed by atoms with E-state index in [9.17, 15) is 0 Å². The van der Waals surface area contributed by atoms with E-state index in [1.807, 2.05) is 11.8 Å².